The standard InChI is InChI=1S/C9H19NO3/c1-13-6-7(5-11)10-8-3-2-4-9(8)12/h7-12H,2-6H2,1H3/t7?,8-,9-/m1/s1. The fourth-order valence-corrected chi connectivity index (χ4v) is 1.79. The van der Waals surface area contributed by atoms with Gasteiger partial charge in [0.2, 0.25) is 0 Å². The maximum absolute atomic E-state index is 9.52. The molecule has 0 aromatic rings. The Labute approximate surface area is 78.9 Å². The highest BCUT2D eigenvalue weighted by atomic mass is 16.5. The summed E-state index contributed by atoms with van der Waals surface area (Å²) in [4.78, 5) is 0. The minimum absolute atomic E-state index is 0.0526. The molecule has 13 heavy (non-hydrogen) atoms. The van der Waals surface area contributed by atoms with Crippen LogP contribution in [0.5, 0.6) is 0 Å². The Morgan fingerprint density at radius 2 is 2.31 bits per heavy atom. The van der Waals surface area contributed by atoms with E-state index >= 15 is 0 Å². The van der Waals surface area contributed by atoms with Crippen molar-refractivity contribution in [1.82, 2.24) is 5.32 Å². The fourth-order valence-electron chi connectivity index (χ4n) is 1.79. The minimum atomic E-state index is -0.258. The van der Waals surface area contributed by atoms with Crippen LogP contribution in [0, 0.1) is 0 Å². The summed E-state index contributed by atoms with van der Waals surface area (Å²) in [5.74, 6) is 0. The predicted molar refractivity (Wildman–Crippen MR) is 49.5 cm³/mol. The van der Waals surface area contributed by atoms with Crippen molar-refractivity contribution in [2.45, 2.75) is 37.5 Å². The second-order valence-corrected chi connectivity index (χ2v) is 3.61. The maximum Gasteiger partial charge on any atom is 0.0693 e. The molecule has 4 nitrogen and oxygen atoms in total. The van der Waals surface area contributed by atoms with Gasteiger partial charge in [-0.1, -0.05) is 0 Å². The number of aliphatic hydroxyl groups excluding tert-OH is 2. The van der Waals surface area contributed by atoms with E-state index in [0.29, 0.717) is 6.61 Å². The first-order valence-corrected chi connectivity index (χ1v) is 4.82. The summed E-state index contributed by atoms with van der Waals surface area (Å²) < 4.78 is 4.94. The smallest absolute Gasteiger partial charge is 0.0693 e. The molecule has 3 atom stereocenters. The van der Waals surface area contributed by atoms with Crippen LogP contribution >= 0.6 is 0 Å². The van der Waals surface area contributed by atoms with Crippen molar-refractivity contribution >= 4 is 0 Å². The van der Waals surface area contributed by atoms with Gasteiger partial charge in [-0.05, 0) is 19.3 Å². The Bertz CT molecular complexity index is 143. The molecular weight excluding hydrogens is 170 g/mol. The van der Waals surface area contributed by atoms with Crippen molar-refractivity contribution in [2.75, 3.05) is 20.3 Å². The number of hydrogen-bond acceptors (Lipinski definition) is 4. The maximum atomic E-state index is 9.52. The summed E-state index contributed by atoms with van der Waals surface area (Å²) >= 11 is 0. The molecule has 1 aliphatic carbocycles. The number of methoxy groups -OCH3 is 1. The van der Waals surface area contributed by atoms with Gasteiger partial charge in [-0.2, -0.15) is 0 Å². The van der Waals surface area contributed by atoms with E-state index < -0.39 is 0 Å². The molecule has 1 saturated carbocycles. The van der Waals surface area contributed by atoms with Gasteiger partial charge in [0.1, 0.15) is 0 Å². The zero-order valence-electron chi connectivity index (χ0n) is 8.07. The van der Waals surface area contributed by atoms with E-state index in [1.165, 1.54) is 0 Å². The van der Waals surface area contributed by atoms with Gasteiger partial charge >= 0.3 is 0 Å². The third-order valence-electron chi connectivity index (χ3n) is 2.52. The predicted octanol–water partition coefficient (Wildman–Crippen LogP) is -0.503. The molecule has 0 aromatic heterocycles. The molecule has 0 saturated heterocycles. The van der Waals surface area contributed by atoms with Crippen LogP contribution in [0.3, 0.4) is 0 Å². The molecule has 4 heteroatoms. The molecule has 78 valence electrons. The topological polar surface area (TPSA) is 61.7 Å². The van der Waals surface area contributed by atoms with E-state index in [1.54, 1.807) is 7.11 Å². The fraction of sp³-hybridized carbons (Fsp3) is 1.00. The number of nitrogens with one attached hydrogen (secondary N) is 1. The lowest BCUT2D eigenvalue weighted by molar-refractivity contribution is 0.0950. The van der Waals surface area contributed by atoms with E-state index in [4.69, 9.17) is 9.84 Å². The van der Waals surface area contributed by atoms with E-state index in [0.717, 1.165) is 19.3 Å². The van der Waals surface area contributed by atoms with E-state index in [-0.39, 0.29) is 24.8 Å². The zero-order valence-corrected chi connectivity index (χ0v) is 8.07. The van der Waals surface area contributed by atoms with Gasteiger partial charge in [-0.15, -0.1) is 0 Å². The highest BCUT2D eigenvalue weighted by Gasteiger charge is 2.26. The van der Waals surface area contributed by atoms with Crippen LogP contribution in [0.25, 0.3) is 0 Å². The lowest BCUT2D eigenvalue weighted by atomic mass is 10.2. The van der Waals surface area contributed by atoms with Crippen LogP contribution in [0.4, 0.5) is 0 Å². The zero-order chi connectivity index (χ0) is 9.68. The SMILES string of the molecule is COCC(CO)N[C@@H]1CCC[C@H]1O. The normalized spacial score (nSPS) is 30.7. The Morgan fingerprint density at radius 1 is 1.54 bits per heavy atom. The Kier molecular flexibility index (Phi) is 4.66. The summed E-state index contributed by atoms with van der Waals surface area (Å²) in [6.07, 6.45) is 2.65. The largest absolute Gasteiger partial charge is 0.395 e. The van der Waals surface area contributed by atoms with Crippen molar-refractivity contribution in [3.05, 3.63) is 0 Å². The van der Waals surface area contributed by atoms with Crippen LogP contribution in [0.2, 0.25) is 0 Å². The molecule has 1 unspecified atom stereocenters. The molecule has 1 rings (SSSR count). The lowest BCUT2D eigenvalue weighted by Crippen LogP contribution is -2.46. The van der Waals surface area contributed by atoms with Crippen LogP contribution in [-0.4, -0.2) is 48.7 Å². The Hall–Kier alpha value is -0.160. The first-order valence-electron chi connectivity index (χ1n) is 4.82. The summed E-state index contributed by atoms with van der Waals surface area (Å²) in [7, 11) is 1.61. The van der Waals surface area contributed by atoms with Crippen molar-refractivity contribution in [3.63, 3.8) is 0 Å². The number of ether oxygens (including phenoxy) is 1. The Balaban J connectivity index is 2.27. The van der Waals surface area contributed by atoms with E-state index in [2.05, 4.69) is 5.32 Å². The molecular formula is C9H19NO3. The third-order valence-corrected chi connectivity index (χ3v) is 2.52. The van der Waals surface area contributed by atoms with Crippen LogP contribution in [0.15, 0.2) is 0 Å². The van der Waals surface area contributed by atoms with Crippen molar-refractivity contribution in [1.29, 1.82) is 0 Å². The van der Waals surface area contributed by atoms with Crippen LogP contribution in [0.1, 0.15) is 19.3 Å². The molecule has 3 N–H and O–H groups in total. The van der Waals surface area contributed by atoms with Crippen molar-refractivity contribution < 1.29 is 14.9 Å². The Morgan fingerprint density at radius 3 is 2.77 bits per heavy atom. The van der Waals surface area contributed by atoms with Gasteiger partial charge < -0.3 is 20.3 Å². The molecule has 0 bridgehead atoms. The first-order chi connectivity index (χ1) is 6.27. The van der Waals surface area contributed by atoms with Gasteiger partial charge in [-0.25, -0.2) is 0 Å². The summed E-state index contributed by atoms with van der Waals surface area (Å²) in [6, 6.07) is 0.0787. The van der Waals surface area contributed by atoms with E-state index in [1.807, 2.05) is 0 Å². The van der Waals surface area contributed by atoms with Crippen LogP contribution < -0.4 is 5.32 Å². The molecule has 0 radical (unpaired) electrons. The second-order valence-electron chi connectivity index (χ2n) is 3.61. The van der Waals surface area contributed by atoms with E-state index in [9.17, 15) is 5.11 Å². The average Bonchev–Trinajstić information content (AvgIpc) is 2.51. The van der Waals surface area contributed by atoms with Crippen molar-refractivity contribution in [2.24, 2.45) is 0 Å². The quantitative estimate of drug-likeness (QED) is 0.545. The second kappa shape index (κ2) is 5.54. The third kappa shape index (κ3) is 3.23. The molecule has 1 fully saturated rings. The molecule has 0 amide bonds. The minimum Gasteiger partial charge on any atom is -0.395 e. The highest BCUT2D eigenvalue weighted by molar-refractivity contribution is 4.85. The number of hydrogen-bond donors (Lipinski definition) is 3. The average molecular weight is 189 g/mol. The van der Waals surface area contributed by atoms with Crippen LogP contribution in [-0.2, 0) is 4.74 Å². The summed E-state index contributed by atoms with van der Waals surface area (Å²) in [5, 5.41) is 21.7. The number of aliphatic hydroxyl groups is 2. The molecule has 0 aliphatic heterocycles. The molecule has 0 aromatic carbocycles. The summed E-state index contributed by atoms with van der Waals surface area (Å²) in [5.41, 5.74) is 0. The lowest BCUT2D eigenvalue weighted by Gasteiger charge is -2.22. The molecule has 0 heterocycles. The van der Waals surface area contributed by atoms with Gasteiger partial charge in [0.15, 0.2) is 0 Å². The van der Waals surface area contributed by atoms with Crippen molar-refractivity contribution in [3.8, 4) is 0 Å². The van der Waals surface area contributed by atoms with Gasteiger partial charge in [0, 0.05) is 13.2 Å². The highest BCUT2D eigenvalue weighted by Crippen LogP contribution is 2.19. The number of rotatable bonds is 5. The molecule has 0 spiro atoms. The summed E-state index contributed by atoms with van der Waals surface area (Å²) in [6.45, 7) is 0.538. The van der Waals surface area contributed by atoms with Gasteiger partial charge in [0.25, 0.3) is 0 Å². The first kappa shape index (κ1) is 10.9. The monoisotopic (exact) mass is 189 g/mol. The molecule has 1 aliphatic rings. The van der Waals surface area contributed by atoms with Gasteiger partial charge in [-0.3, -0.25) is 0 Å². The van der Waals surface area contributed by atoms with Gasteiger partial charge in [0.05, 0.1) is 25.4 Å².